The van der Waals surface area contributed by atoms with Crippen LogP contribution in [0.2, 0.25) is 0 Å². The van der Waals surface area contributed by atoms with Crippen LogP contribution in [0.4, 0.5) is 5.69 Å². The highest BCUT2D eigenvalue weighted by Crippen LogP contribution is 2.37. The highest BCUT2D eigenvalue weighted by Gasteiger charge is 2.39. The van der Waals surface area contributed by atoms with Crippen molar-refractivity contribution in [3.63, 3.8) is 0 Å². The second kappa shape index (κ2) is 6.25. The third-order valence-electron chi connectivity index (χ3n) is 3.74. The number of carbonyl (C=O) groups is 2. The van der Waals surface area contributed by atoms with Crippen LogP contribution < -0.4 is 5.32 Å². The number of cyclic esters (lactones) is 2. The minimum atomic E-state index is -4.59. The maximum absolute atomic E-state index is 12.0. The largest absolute Gasteiger partial charge is 0.506 e. The Labute approximate surface area is 153 Å². The van der Waals surface area contributed by atoms with E-state index in [1.807, 2.05) is 0 Å². The molecule has 0 saturated carbocycles. The number of hydrogen-bond donors (Lipinski definition) is 3. The lowest BCUT2D eigenvalue weighted by Gasteiger charge is -2.29. The van der Waals surface area contributed by atoms with Gasteiger partial charge in [-0.05, 0) is 0 Å². The van der Waals surface area contributed by atoms with Gasteiger partial charge in [0.1, 0.15) is 10.6 Å². The number of aromatic hydroxyl groups is 1. The van der Waals surface area contributed by atoms with Crippen molar-refractivity contribution in [1.82, 2.24) is 0 Å². The molecule has 2 aromatic carbocycles. The fourth-order valence-electron chi connectivity index (χ4n) is 2.62. The predicted molar refractivity (Wildman–Crippen MR) is 93.4 cm³/mol. The van der Waals surface area contributed by atoms with E-state index in [1.54, 1.807) is 12.1 Å². The maximum Gasteiger partial charge on any atom is 0.350 e. The van der Waals surface area contributed by atoms with Gasteiger partial charge in [-0.15, -0.1) is 0 Å². The SMILES string of the molecule is CC1(C)OC(=O)C(=CNc2c(O)cc(S(=O)(=O)O)c3ccccc23)C(=O)O1. The van der Waals surface area contributed by atoms with E-state index >= 15 is 0 Å². The van der Waals surface area contributed by atoms with Crippen molar-refractivity contribution in [2.45, 2.75) is 24.5 Å². The first-order valence-corrected chi connectivity index (χ1v) is 9.09. The van der Waals surface area contributed by atoms with Crippen molar-refractivity contribution in [2.75, 3.05) is 5.32 Å². The molecule has 1 fully saturated rings. The molecule has 1 aliphatic heterocycles. The normalized spacial score (nSPS) is 16.6. The van der Waals surface area contributed by atoms with Crippen molar-refractivity contribution in [3.8, 4) is 5.75 Å². The topological polar surface area (TPSA) is 139 Å². The van der Waals surface area contributed by atoms with E-state index < -0.39 is 44.1 Å². The summed E-state index contributed by atoms with van der Waals surface area (Å²) < 4.78 is 42.4. The minimum absolute atomic E-state index is 0.0240. The standard InChI is InChI=1S/C17H15NO8S/c1-17(2)25-15(20)11(16(21)26-17)8-18-14-10-6-4-3-5-9(10)13(7-12(14)19)27(22,23)24/h3-8,18-19H,1-2H3,(H,22,23,24). The fourth-order valence-corrected chi connectivity index (χ4v) is 3.33. The van der Waals surface area contributed by atoms with Crippen molar-refractivity contribution in [1.29, 1.82) is 0 Å². The molecule has 3 rings (SSSR count). The summed E-state index contributed by atoms with van der Waals surface area (Å²) in [5.41, 5.74) is -0.410. The number of benzene rings is 2. The Bertz CT molecular complexity index is 1080. The maximum atomic E-state index is 12.0. The zero-order chi connectivity index (χ0) is 20.0. The number of fused-ring (bicyclic) bond motifs is 1. The molecule has 10 heteroatoms. The number of phenolic OH excluding ortho intramolecular Hbond substituents is 1. The zero-order valence-electron chi connectivity index (χ0n) is 14.2. The van der Waals surface area contributed by atoms with Gasteiger partial charge in [0.05, 0.1) is 5.69 Å². The molecule has 1 aliphatic rings. The number of phenols is 1. The fraction of sp³-hybridized carbons (Fsp3) is 0.176. The molecule has 0 bridgehead atoms. The molecule has 0 amide bonds. The number of anilines is 1. The summed E-state index contributed by atoms with van der Waals surface area (Å²) in [6.45, 7) is 2.81. The van der Waals surface area contributed by atoms with Gasteiger partial charge >= 0.3 is 11.9 Å². The van der Waals surface area contributed by atoms with Crippen molar-refractivity contribution >= 4 is 38.5 Å². The van der Waals surface area contributed by atoms with Gasteiger partial charge < -0.3 is 19.9 Å². The van der Waals surface area contributed by atoms with E-state index in [4.69, 9.17) is 9.47 Å². The van der Waals surface area contributed by atoms with Gasteiger partial charge in [0.15, 0.2) is 5.57 Å². The molecule has 0 radical (unpaired) electrons. The first-order chi connectivity index (χ1) is 12.5. The lowest BCUT2D eigenvalue weighted by molar-refractivity contribution is -0.222. The molecule has 3 N–H and O–H groups in total. The van der Waals surface area contributed by atoms with Crippen LogP contribution in [0.5, 0.6) is 5.75 Å². The Morgan fingerprint density at radius 3 is 2.19 bits per heavy atom. The Balaban J connectivity index is 2.08. The van der Waals surface area contributed by atoms with Crippen LogP contribution in [0.3, 0.4) is 0 Å². The summed E-state index contributed by atoms with van der Waals surface area (Å²) in [5, 5.41) is 13.2. The average molecular weight is 393 g/mol. The zero-order valence-corrected chi connectivity index (χ0v) is 15.0. The molecule has 9 nitrogen and oxygen atoms in total. The van der Waals surface area contributed by atoms with E-state index in [1.165, 1.54) is 26.0 Å². The van der Waals surface area contributed by atoms with Crippen LogP contribution >= 0.6 is 0 Å². The molecule has 1 heterocycles. The minimum Gasteiger partial charge on any atom is -0.506 e. The molecule has 0 atom stereocenters. The molecule has 1 saturated heterocycles. The van der Waals surface area contributed by atoms with Gasteiger partial charge in [0, 0.05) is 36.9 Å². The van der Waals surface area contributed by atoms with Crippen LogP contribution in [0.25, 0.3) is 10.8 Å². The van der Waals surface area contributed by atoms with Gasteiger partial charge in [-0.1, -0.05) is 24.3 Å². The summed E-state index contributed by atoms with van der Waals surface area (Å²) >= 11 is 0. The Hall–Kier alpha value is -3.11. The lowest BCUT2D eigenvalue weighted by Crippen LogP contribution is -2.42. The summed E-state index contributed by atoms with van der Waals surface area (Å²) in [5.74, 6) is -3.74. The van der Waals surface area contributed by atoms with Gasteiger partial charge in [-0.3, -0.25) is 4.55 Å². The van der Waals surface area contributed by atoms with Gasteiger partial charge in [-0.25, -0.2) is 9.59 Å². The number of nitrogens with one attached hydrogen (secondary N) is 1. The molecule has 2 aromatic rings. The summed E-state index contributed by atoms with van der Waals surface area (Å²) in [6.07, 6.45) is 0.995. The van der Waals surface area contributed by atoms with Crippen LogP contribution in [-0.4, -0.2) is 35.8 Å². The molecule has 142 valence electrons. The number of esters is 2. The van der Waals surface area contributed by atoms with Crippen molar-refractivity contribution in [2.24, 2.45) is 0 Å². The first kappa shape index (κ1) is 18.7. The van der Waals surface area contributed by atoms with E-state index in [0.717, 1.165) is 12.3 Å². The van der Waals surface area contributed by atoms with Crippen molar-refractivity contribution in [3.05, 3.63) is 42.1 Å². The molecule has 27 heavy (non-hydrogen) atoms. The van der Waals surface area contributed by atoms with Crippen LogP contribution in [0.1, 0.15) is 13.8 Å². The molecular formula is C17H15NO8S. The summed E-state index contributed by atoms with van der Waals surface area (Å²) in [6, 6.07) is 6.92. The van der Waals surface area contributed by atoms with E-state index in [2.05, 4.69) is 5.32 Å². The number of carbonyl (C=O) groups excluding carboxylic acids is 2. The average Bonchev–Trinajstić information content (AvgIpc) is 2.53. The van der Waals surface area contributed by atoms with E-state index in [-0.39, 0.29) is 16.5 Å². The number of hydrogen-bond acceptors (Lipinski definition) is 8. The van der Waals surface area contributed by atoms with Crippen LogP contribution in [0, 0.1) is 0 Å². The third-order valence-corrected chi connectivity index (χ3v) is 4.63. The smallest absolute Gasteiger partial charge is 0.350 e. The number of rotatable bonds is 3. The molecule has 0 aromatic heterocycles. The third kappa shape index (κ3) is 3.57. The van der Waals surface area contributed by atoms with E-state index in [0.29, 0.717) is 0 Å². The Morgan fingerprint density at radius 2 is 1.63 bits per heavy atom. The van der Waals surface area contributed by atoms with Gasteiger partial charge in [0.2, 0.25) is 0 Å². The molecule has 0 aliphatic carbocycles. The van der Waals surface area contributed by atoms with Crippen molar-refractivity contribution < 1.29 is 37.1 Å². The second-order valence-electron chi connectivity index (χ2n) is 6.17. The highest BCUT2D eigenvalue weighted by molar-refractivity contribution is 7.86. The second-order valence-corrected chi connectivity index (χ2v) is 7.56. The Kier molecular flexibility index (Phi) is 4.32. The molecular weight excluding hydrogens is 378 g/mol. The summed E-state index contributed by atoms with van der Waals surface area (Å²) in [4.78, 5) is 23.5. The van der Waals surface area contributed by atoms with Crippen LogP contribution in [0.15, 0.2) is 47.0 Å². The lowest BCUT2D eigenvalue weighted by atomic mass is 10.1. The van der Waals surface area contributed by atoms with Crippen LogP contribution in [-0.2, 0) is 29.2 Å². The molecule has 0 spiro atoms. The highest BCUT2D eigenvalue weighted by atomic mass is 32.2. The molecule has 0 unspecified atom stereocenters. The summed E-state index contributed by atoms with van der Waals surface area (Å²) in [7, 11) is -4.59. The first-order valence-electron chi connectivity index (χ1n) is 7.65. The monoisotopic (exact) mass is 393 g/mol. The Morgan fingerprint density at radius 1 is 1.07 bits per heavy atom. The van der Waals surface area contributed by atoms with Gasteiger partial charge in [0.25, 0.3) is 15.9 Å². The van der Waals surface area contributed by atoms with Gasteiger partial charge in [-0.2, -0.15) is 8.42 Å². The van der Waals surface area contributed by atoms with E-state index in [9.17, 15) is 27.7 Å². The predicted octanol–water partition coefficient (Wildman–Crippen LogP) is 1.92. The quantitative estimate of drug-likeness (QED) is 0.235. The number of ether oxygens (including phenoxy) is 2.